The molecule has 1 heterocycles. The maximum absolute atomic E-state index is 12.1. The fourth-order valence-corrected chi connectivity index (χ4v) is 2.92. The molecule has 1 aromatic heterocycles. The molecule has 2 aromatic rings. The van der Waals surface area contributed by atoms with Crippen molar-refractivity contribution >= 4 is 11.9 Å². The van der Waals surface area contributed by atoms with Crippen molar-refractivity contribution in [2.24, 2.45) is 5.92 Å². The highest BCUT2D eigenvalue weighted by Crippen LogP contribution is 2.22. The number of urea groups is 1. The predicted molar refractivity (Wildman–Crippen MR) is 105 cm³/mol. The Kier molecular flexibility index (Phi) is 8.07. The Morgan fingerprint density at radius 3 is 2.44 bits per heavy atom. The van der Waals surface area contributed by atoms with E-state index in [0.717, 1.165) is 18.4 Å². The third-order valence-corrected chi connectivity index (χ3v) is 4.28. The first-order valence-corrected chi connectivity index (χ1v) is 9.42. The van der Waals surface area contributed by atoms with Gasteiger partial charge in [-0.3, -0.25) is 10.1 Å². The summed E-state index contributed by atoms with van der Waals surface area (Å²) >= 11 is 0. The highest BCUT2D eigenvalue weighted by atomic mass is 16.3. The number of hydrogen-bond acceptors (Lipinski definition) is 4. The molecule has 0 saturated heterocycles. The first-order valence-electron chi connectivity index (χ1n) is 9.42. The Balaban J connectivity index is 1.81. The number of amides is 3. The molecule has 0 unspecified atom stereocenters. The van der Waals surface area contributed by atoms with Crippen LogP contribution >= 0.6 is 0 Å². The maximum Gasteiger partial charge on any atom is 0.321 e. The van der Waals surface area contributed by atoms with E-state index in [1.807, 2.05) is 0 Å². The molecule has 1 aromatic carbocycles. The average Bonchev–Trinajstić information content (AvgIpc) is 3.15. The number of carbonyl (C=O) groups excluding carboxylic acids is 2. The van der Waals surface area contributed by atoms with Crippen molar-refractivity contribution in [2.75, 3.05) is 6.54 Å². The summed E-state index contributed by atoms with van der Waals surface area (Å²) in [5.41, 5.74) is 2.45. The highest BCUT2D eigenvalue weighted by Gasteiger charge is 2.17. The molecule has 0 aliphatic carbocycles. The summed E-state index contributed by atoms with van der Waals surface area (Å²) in [5, 5.41) is 8.16. The van der Waals surface area contributed by atoms with Gasteiger partial charge in [-0.25, -0.2) is 4.79 Å². The Bertz CT molecular complexity index is 709. The van der Waals surface area contributed by atoms with Crippen molar-refractivity contribution in [1.29, 1.82) is 0 Å². The summed E-state index contributed by atoms with van der Waals surface area (Å²) in [6, 6.07) is 11.5. The predicted octanol–water partition coefficient (Wildman–Crippen LogP) is 3.54. The monoisotopic (exact) mass is 371 g/mol. The maximum atomic E-state index is 12.1. The van der Waals surface area contributed by atoms with Crippen molar-refractivity contribution in [3.05, 3.63) is 59.5 Å². The van der Waals surface area contributed by atoms with E-state index < -0.39 is 6.03 Å². The van der Waals surface area contributed by atoms with E-state index in [-0.39, 0.29) is 25.0 Å². The minimum Gasteiger partial charge on any atom is -0.467 e. The minimum atomic E-state index is -0.539. The SMILES string of the molecule is CCCc1ccc([C@@H](NCC(=O)NC(=O)NCc2ccco2)C(C)C)cc1. The lowest BCUT2D eigenvalue weighted by molar-refractivity contribution is -0.119. The molecule has 0 spiro atoms. The van der Waals surface area contributed by atoms with E-state index in [4.69, 9.17) is 4.42 Å². The van der Waals surface area contributed by atoms with Crippen LogP contribution in [0, 0.1) is 5.92 Å². The van der Waals surface area contributed by atoms with Crippen molar-refractivity contribution < 1.29 is 14.0 Å². The van der Waals surface area contributed by atoms with Gasteiger partial charge in [-0.1, -0.05) is 51.5 Å². The number of nitrogens with one attached hydrogen (secondary N) is 3. The van der Waals surface area contributed by atoms with Gasteiger partial charge in [-0.05, 0) is 35.6 Å². The smallest absolute Gasteiger partial charge is 0.321 e. The Morgan fingerprint density at radius 1 is 1.11 bits per heavy atom. The first-order chi connectivity index (χ1) is 13.0. The van der Waals surface area contributed by atoms with Gasteiger partial charge in [-0.2, -0.15) is 0 Å². The van der Waals surface area contributed by atoms with E-state index in [9.17, 15) is 9.59 Å². The fourth-order valence-electron chi connectivity index (χ4n) is 2.92. The molecular formula is C21H29N3O3. The van der Waals surface area contributed by atoms with Crippen LogP contribution in [0.15, 0.2) is 47.1 Å². The highest BCUT2D eigenvalue weighted by molar-refractivity contribution is 5.95. The molecule has 0 fully saturated rings. The second-order valence-electron chi connectivity index (χ2n) is 6.90. The lowest BCUT2D eigenvalue weighted by atomic mass is 9.94. The molecule has 3 N–H and O–H groups in total. The molecule has 2 rings (SSSR count). The molecule has 3 amide bonds. The summed E-state index contributed by atoms with van der Waals surface area (Å²) in [7, 11) is 0. The van der Waals surface area contributed by atoms with Gasteiger partial charge in [0.2, 0.25) is 5.91 Å². The number of aryl methyl sites for hydroxylation is 1. The lowest BCUT2D eigenvalue weighted by Gasteiger charge is -2.23. The minimum absolute atomic E-state index is 0.0395. The molecule has 0 aliphatic rings. The van der Waals surface area contributed by atoms with Gasteiger partial charge in [0.05, 0.1) is 19.4 Å². The van der Waals surface area contributed by atoms with Gasteiger partial charge in [0.15, 0.2) is 0 Å². The van der Waals surface area contributed by atoms with Crippen LogP contribution in [0.2, 0.25) is 0 Å². The summed E-state index contributed by atoms with van der Waals surface area (Å²) in [4.78, 5) is 23.8. The zero-order valence-electron chi connectivity index (χ0n) is 16.2. The summed E-state index contributed by atoms with van der Waals surface area (Å²) in [5.74, 6) is 0.560. The number of hydrogen-bond donors (Lipinski definition) is 3. The van der Waals surface area contributed by atoms with E-state index in [2.05, 4.69) is 61.0 Å². The normalized spacial score (nSPS) is 12.0. The zero-order chi connectivity index (χ0) is 19.6. The second-order valence-corrected chi connectivity index (χ2v) is 6.90. The van der Waals surface area contributed by atoms with Crippen LogP contribution in [0.25, 0.3) is 0 Å². The lowest BCUT2D eigenvalue weighted by Crippen LogP contribution is -2.44. The van der Waals surface area contributed by atoms with Crippen molar-refractivity contribution in [3.8, 4) is 0 Å². The standard InChI is InChI=1S/C21H29N3O3/c1-4-6-16-8-10-17(11-9-16)20(15(2)3)22-14-19(25)24-21(26)23-13-18-7-5-12-27-18/h5,7-12,15,20,22H,4,6,13-14H2,1-3H3,(H2,23,24,25,26)/t20-/m0/s1. The van der Waals surface area contributed by atoms with Gasteiger partial charge in [0.25, 0.3) is 0 Å². The van der Waals surface area contributed by atoms with Crippen LogP contribution < -0.4 is 16.0 Å². The number of furan rings is 1. The van der Waals surface area contributed by atoms with Crippen molar-refractivity contribution in [3.63, 3.8) is 0 Å². The molecular weight excluding hydrogens is 342 g/mol. The van der Waals surface area contributed by atoms with Gasteiger partial charge >= 0.3 is 6.03 Å². The van der Waals surface area contributed by atoms with Crippen LogP contribution in [0.5, 0.6) is 0 Å². The second kappa shape index (κ2) is 10.5. The van der Waals surface area contributed by atoms with Gasteiger partial charge < -0.3 is 15.1 Å². The van der Waals surface area contributed by atoms with E-state index in [0.29, 0.717) is 11.7 Å². The number of rotatable bonds is 9. The molecule has 0 saturated carbocycles. The number of benzene rings is 1. The first kappa shape index (κ1) is 20.7. The largest absolute Gasteiger partial charge is 0.467 e. The van der Waals surface area contributed by atoms with Crippen LogP contribution in [0.1, 0.15) is 50.1 Å². The molecule has 27 heavy (non-hydrogen) atoms. The van der Waals surface area contributed by atoms with E-state index in [1.54, 1.807) is 12.1 Å². The quantitative estimate of drug-likeness (QED) is 0.629. The summed E-state index contributed by atoms with van der Waals surface area (Å²) in [6.45, 7) is 6.67. The molecule has 1 atom stereocenters. The molecule has 6 nitrogen and oxygen atoms in total. The topological polar surface area (TPSA) is 83.4 Å². The van der Waals surface area contributed by atoms with E-state index >= 15 is 0 Å². The van der Waals surface area contributed by atoms with Crippen LogP contribution in [0.4, 0.5) is 4.79 Å². The fraction of sp³-hybridized carbons (Fsp3) is 0.429. The van der Waals surface area contributed by atoms with Crippen molar-refractivity contribution in [1.82, 2.24) is 16.0 Å². The molecule has 0 radical (unpaired) electrons. The summed E-state index contributed by atoms with van der Waals surface area (Å²) < 4.78 is 5.13. The molecule has 0 bridgehead atoms. The average molecular weight is 371 g/mol. The van der Waals surface area contributed by atoms with Gasteiger partial charge in [0.1, 0.15) is 5.76 Å². The Labute approximate surface area is 160 Å². The van der Waals surface area contributed by atoms with Gasteiger partial charge in [-0.15, -0.1) is 0 Å². The number of carbonyl (C=O) groups is 2. The van der Waals surface area contributed by atoms with Crippen LogP contribution in [-0.2, 0) is 17.8 Å². The Hall–Kier alpha value is -2.60. The third kappa shape index (κ3) is 6.90. The summed E-state index contributed by atoms with van der Waals surface area (Å²) in [6.07, 6.45) is 3.72. The van der Waals surface area contributed by atoms with Crippen LogP contribution in [0.3, 0.4) is 0 Å². The molecule has 0 aliphatic heterocycles. The Morgan fingerprint density at radius 2 is 1.85 bits per heavy atom. The molecule has 146 valence electrons. The third-order valence-electron chi connectivity index (χ3n) is 4.28. The number of imide groups is 1. The molecule has 6 heteroatoms. The van der Waals surface area contributed by atoms with E-state index in [1.165, 1.54) is 11.8 Å². The van der Waals surface area contributed by atoms with Gasteiger partial charge in [0, 0.05) is 6.04 Å². The van der Waals surface area contributed by atoms with Crippen molar-refractivity contribution in [2.45, 2.75) is 46.2 Å². The zero-order valence-corrected chi connectivity index (χ0v) is 16.2. The van der Waals surface area contributed by atoms with Crippen LogP contribution in [-0.4, -0.2) is 18.5 Å².